The molecule has 0 aliphatic carbocycles. The number of nitrogens with zero attached hydrogens (tertiary/aromatic N) is 4. The number of hydrogen-bond donors (Lipinski definition) is 0. The van der Waals surface area contributed by atoms with E-state index in [0.717, 1.165) is 56.0 Å². The summed E-state index contributed by atoms with van der Waals surface area (Å²) >= 11 is 1.32. The molecule has 2 saturated heterocycles. The number of ketones is 1. The summed E-state index contributed by atoms with van der Waals surface area (Å²) in [5.74, 6) is 1.03. The first-order chi connectivity index (χ1) is 13.6. The second-order valence-corrected chi connectivity index (χ2v) is 8.61. The first-order valence-corrected chi connectivity index (χ1v) is 11.1. The molecule has 2 aromatic rings. The molecule has 0 bridgehead atoms. The number of ether oxygens (including phenoxy) is 1. The van der Waals surface area contributed by atoms with E-state index in [2.05, 4.69) is 26.6 Å². The van der Waals surface area contributed by atoms with Crippen LogP contribution in [0.3, 0.4) is 0 Å². The average molecular weight is 405 g/mol. The summed E-state index contributed by atoms with van der Waals surface area (Å²) in [5, 5.41) is 8.67. The molecule has 0 N–H and O–H groups in total. The number of hydrogen-bond acceptors (Lipinski definition) is 7. The van der Waals surface area contributed by atoms with E-state index in [1.807, 2.05) is 13.0 Å². The van der Waals surface area contributed by atoms with Gasteiger partial charge in [-0.3, -0.25) is 9.69 Å². The molecule has 2 aromatic heterocycles. The zero-order chi connectivity index (χ0) is 19.5. The number of carbonyl (C=O) groups is 1. The number of rotatable bonds is 8. The second kappa shape index (κ2) is 8.80. The Kier molecular flexibility index (Phi) is 6.18. The summed E-state index contributed by atoms with van der Waals surface area (Å²) < 4.78 is 13.7. The number of carbonyl (C=O) groups excluding carboxylic acids is 1. The lowest BCUT2D eigenvalue weighted by Gasteiger charge is -2.14. The van der Waals surface area contributed by atoms with Gasteiger partial charge in [0.15, 0.2) is 5.78 Å². The molecule has 2 fully saturated rings. The van der Waals surface area contributed by atoms with Crippen LogP contribution in [0.2, 0.25) is 0 Å². The van der Waals surface area contributed by atoms with Gasteiger partial charge < -0.3 is 13.7 Å². The van der Waals surface area contributed by atoms with Gasteiger partial charge in [-0.05, 0) is 58.7 Å². The van der Waals surface area contributed by atoms with Crippen molar-refractivity contribution in [3.8, 4) is 0 Å². The van der Waals surface area contributed by atoms with Crippen LogP contribution in [-0.4, -0.2) is 57.0 Å². The van der Waals surface area contributed by atoms with Crippen LogP contribution in [-0.2, 0) is 17.8 Å². The number of likely N-dealkylation sites (tertiary alicyclic amines) is 1. The lowest BCUT2D eigenvalue weighted by Crippen LogP contribution is -2.18. The van der Waals surface area contributed by atoms with E-state index >= 15 is 0 Å². The van der Waals surface area contributed by atoms with Crippen molar-refractivity contribution in [3.05, 3.63) is 28.9 Å². The van der Waals surface area contributed by atoms with E-state index in [1.54, 1.807) is 0 Å². The minimum absolute atomic E-state index is 0.0935. The molecule has 0 spiro atoms. The predicted octanol–water partition coefficient (Wildman–Crippen LogP) is 3.24. The van der Waals surface area contributed by atoms with E-state index in [-0.39, 0.29) is 11.9 Å². The van der Waals surface area contributed by atoms with Crippen LogP contribution >= 0.6 is 11.8 Å². The van der Waals surface area contributed by atoms with Crippen LogP contribution in [0.25, 0.3) is 0 Å². The van der Waals surface area contributed by atoms with Crippen molar-refractivity contribution in [1.29, 1.82) is 0 Å². The minimum atomic E-state index is 0.0935. The number of Topliss-reactive ketones (excluding diaryl/α,β-unsaturated/α-hetero) is 1. The average Bonchev–Trinajstić information content (AvgIpc) is 3.47. The zero-order valence-corrected chi connectivity index (χ0v) is 17.5. The highest BCUT2D eigenvalue weighted by Crippen LogP contribution is 2.24. The Labute approximate surface area is 169 Å². The van der Waals surface area contributed by atoms with Crippen LogP contribution in [0.15, 0.2) is 15.7 Å². The van der Waals surface area contributed by atoms with Crippen LogP contribution < -0.4 is 0 Å². The largest absolute Gasteiger partial charge is 0.415 e. The topological polar surface area (TPSA) is 73.4 Å². The third-order valence-corrected chi connectivity index (χ3v) is 6.44. The Balaban J connectivity index is 1.34. The van der Waals surface area contributed by atoms with Crippen LogP contribution in [0, 0.1) is 13.8 Å². The van der Waals surface area contributed by atoms with Gasteiger partial charge in [-0.1, -0.05) is 11.8 Å². The Bertz CT molecular complexity index is 820. The SMILES string of the molecule is Cc1cc(C(=O)CSc2nnc(CN3CCCC3)o2)c(C)n1C[C@H]1CCCO1. The lowest BCUT2D eigenvalue weighted by atomic mass is 10.2. The quantitative estimate of drug-likeness (QED) is 0.494. The van der Waals surface area contributed by atoms with Crippen molar-refractivity contribution < 1.29 is 13.9 Å². The highest BCUT2D eigenvalue weighted by Gasteiger charge is 2.22. The standard InChI is InChI=1S/C20H28N4O3S/c1-14-10-17(15(2)24(14)11-16-6-5-9-26-16)18(25)13-28-20-22-21-19(27-20)12-23-7-3-4-8-23/h10,16H,3-9,11-13H2,1-2H3/t16-/m1/s1. The first-order valence-electron chi connectivity index (χ1n) is 10.1. The molecule has 1 atom stereocenters. The van der Waals surface area contributed by atoms with Crippen molar-refractivity contribution in [2.75, 3.05) is 25.4 Å². The predicted molar refractivity (Wildman–Crippen MR) is 107 cm³/mol. The van der Waals surface area contributed by atoms with Crippen LogP contribution in [0.4, 0.5) is 0 Å². The molecule has 8 heteroatoms. The van der Waals surface area contributed by atoms with Crippen molar-refractivity contribution in [2.45, 2.75) is 63.9 Å². The molecule has 2 aliphatic heterocycles. The van der Waals surface area contributed by atoms with Gasteiger partial charge in [-0.25, -0.2) is 0 Å². The summed E-state index contributed by atoms with van der Waals surface area (Å²) in [6.07, 6.45) is 4.93. The van der Waals surface area contributed by atoms with Gasteiger partial charge in [0.25, 0.3) is 5.22 Å². The fourth-order valence-corrected chi connectivity index (χ4v) is 4.72. The van der Waals surface area contributed by atoms with Gasteiger partial charge in [0, 0.05) is 30.1 Å². The van der Waals surface area contributed by atoms with E-state index in [1.165, 1.54) is 24.6 Å². The molecule has 0 radical (unpaired) electrons. The molecule has 4 rings (SSSR count). The third kappa shape index (κ3) is 4.50. The molecule has 0 unspecified atom stereocenters. The van der Waals surface area contributed by atoms with Crippen LogP contribution in [0.1, 0.15) is 53.3 Å². The number of thioether (sulfide) groups is 1. The van der Waals surface area contributed by atoms with Gasteiger partial charge in [0.2, 0.25) is 5.89 Å². The molecule has 152 valence electrons. The van der Waals surface area contributed by atoms with Crippen molar-refractivity contribution in [1.82, 2.24) is 19.7 Å². The fraction of sp³-hybridized carbons (Fsp3) is 0.650. The lowest BCUT2D eigenvalue weighted by molar-refractivity contribution is 0.0957. The fourth-order valence-electron chi connectivity index (χ4n) is 4.05. The van der Waals surface area contributed by atoms with Gasteiger partial charge in [-0.15, -0.1) is 10.2 Å². The maximum Gasteiger partial charge on any atom is 0.277 e. The molecule has 4 heterocycles. The summed E-state index contributed by atoms with van der Waals surface area (Å²) in [4.78, 5) is 15.1. The molecule has 28 heavy (non-hydrogen) atoms. The Hall–Kier alpha value is -1.64. The highest BCUT2D eigenvalue weighted by atomic mass is 32.2. The highest BCUT2D eigenvalue weighted by molar-refractivity contribution is 7.99. The van der Waals surface area contributed by atoms with Crippen molar-refractivity contribution in [3.63, 3.8) is 0 Å². The first kappa shape index (κ1) is 19.7. The maximum atomic E-state index is 12.8. The molecular weight excluding hydrogens is 376 g/mol. The molecule has 0 amide bonds. The number of aryl methyl sites for hydroxylation is 1. The second-order valence-electron chi connectivity index (χ2n) is 7.69. The third-order valence-electron chi connectivity index (χ3n) is 5.62. The van der Waals surface area contributed by atoms with E-state index in [9.17, 15) is 4.79 Å². The molecule has 0 saturated carbocycles. The van der Waals surface area contributed by atoms with Crippen molar-refractivity contribution >= 4 is 17.5 Å². The Morgan fingerprint density at radius 3 is 2.82 bits per heavy atom. The minimum Gasteiger partial charge on any atom is -0.415 e. The van der Waals surface area contributed by atoms with E-state index in [0.29, 0.717) is 23.4 Å². The van der Waals surface area contributed by atoms with Gasteiger partial charge in [-0.2, -0.15) is 0 Å². The van der Waals surface area contributed by atoms with Crippen molar-refractivity contribution in [2.24, 2.45) is 0 Å². The monoisotopic (exact) mass is 404 g/mol. The van der Waals surface area contributed by atoms with Gasteiger partial charge in [0.05, 0.1) is 18.4 Å². The molecule has 2 aliphatic rings. The zero-order valence-electron chi connectivity index (χ0n) is 16.6. The van der Waals surface area contributed by atoms with Gasteiger partial charge in [0.1, 0.15) is 0 Å². The van der Waals surface area contributed by atoms with Crippen LogP contribution in [0.5, 0.6) is 0 Å². The van der Waals surface area contributed by atoms with E-state index < -0.39 is 0 Å². The molecule has 7 nitrogen and oxygen atoms in total. The smallest absolute Gasteiger partial charge is 0.277 e. The molecular formula is C20H28N4O3S. The summed E-state index contributed by atoms with van der Waals surface area (Å²) in [7, 11) is 0. The molecule has 0 aromatic carbocycles. The normalized spacial score (nSPS) is 20.3. The Morgan fingerprint density at radius 1 is 1.25 bits per heavy atom. The summed E-state index contributed by atoms with van der Waals surface area (Å²) in [5.41, 5.74) is 2.89. The summed E-state index contributed by atoms with van der Waals surface area (Å²) in [6, 6.07) is 1.99. The van der Waals surface area contributed by atoms with E-state index in [4.69, 9.17) is 9.15 Å². The number of aromatic nitrogens is 3. The van der Waals surface area contributed by atoms with Gasteiger partial charge >= 0.3 is 0 Å². The Morgan fingerprint density at radius 2 is 2.07 bits per heavy atom. The maximum absolute atomic E-state index is 12.8. The summed E-state index contributed by atoms with van der Waals surface area (Å²) in [6.45, 7) is 8.61.